The Hall–Kier alpha value is -4.35. The lowest BCUT2D eigenvalue weighted by Gasteiger charge is -2.07. The van der Waals surface area contributed by atoms with Gasteiger partial charge < -0.3 is 15.2 Å². The lowest BCUT2D eigenvalue weighted by Crippen LogP contribution is -2.19. The van der Waals surface area contributed by atoms with Gasteiger partial charge in [0.15, 0.2) is 5.17 Å². The molecule has 8 heteroatoms. The summed E-state index contributed by atoms with van der Waals surface area (Å²) in [6.07, 6.45) is 1.74. The Labute approximate surface area is 194 Å². The van der Waals surface area contributed by atoms with Gasteiger partial charge in [-0.25, -0.2) is 9.79 Å². The molecule has 0 atom stereocenters. The van der Waals surface area contributed by atoms with E-state index < -0.39 is 5.97 Å². The average molecular weight is 455 g/mol. The number of carboxylic acid groups (broad SMARTS) is 1. The van der Waals surface area contributed by atoms with Gasteiger partial charge in [0.2, 0.25) is 0 Å². The molecule has 33 heavy (non-hydrogen) atoms. The van der Waals surface area contributed by atoms with Crippen molar-refractivity contribution in [1.82, 2.24) is 5.32 Å². The maximum Gasteiger partial charge on any atom is 0.335 e. The van der Waals surface area contributed by atoms with E-state index in [4.69, 9.17) is 15.1 Å². The van der Waals surface area contributed by atoms with E-state index in [-0.39, 0.29) is 18.1 Å². The Bertz CT molecular complexity index is 1320. The van der Waals surface area contributed by atoms with Crippen molar-refractivity contribution >= 4 is 40.6 Å². The molecule has 0 saturated carbocycles. The van der Waals surface area contributed by atoms with Crippen LogP contribution in [0.1, 0.15) is 27.0 Å². The molecule has 0 aliphatic carbocycles. The number of hydrogen-bond acceptors (Lipinski definition) is 6. The number of ether oxygens (including phenoxy) is 1. The van der Waals surface area contributed by atoms with Gasteiger partial charge in [-0.3, -0.25) is 4.79 Å². The maximum absolute atomic E-state index is 12.3. The number of hydrogen-bond donors (Lipinski definition) is 2. The van der Waals surface area contributed by atoms with Crippen molar-refractivity contribution in [2.24, 2.45) is 4.99 Å². The van der Waals surface area contributed by atoms with Gasteiger partial charge in [-0.15, -0.1) is 0 Å². The van der Waals surface area contributed by atoms with Crippen LogP contribution in [0.15, 0.2) is 82.7 Å². The van der Waals surface area contributed by atoms with Crippen molar-refractivity contribution in [1.29, 1.82) is 5.26 Å². The third-order valence-corrected chi connectivity index (χ3v) is 5.59. The van der Waals surface area contributed by atoms with E-state index in [1.54, 1.807) is 36.4 Å². The number of carbonyl (C=O) groups is 2. The minimum Gasteiger partial charge on any atom is -0.489 e. The number of carbonyl (C=O) groups excluding carboxylic acids is 1. The molecule has 0 radical (unpaired) electrons. The van der Waals surface area contributed by atoms with Crippen LogP contribution in [0.5, 0.6) is 5.75 Å². The van der Waals surface area contributed by atoms with Crippen LogP contribution in [-0.4, -0.2) is 22.2 Å². The summed E-state index contributed by atoms with van der Waals surface area (Å²) in [6, 6.07) is 22.9. The fourth-order valence-electron chi connectivity index (χ4n) is 3.03. The van der Waals surface area contributed by atoms with Gasteiger partial charge in [0.1, 0.15) is 12.4 Å². The molecule has 0 aromatic heterocycles. The summed E-state index contributed by atoms with van der Waals surface area (Å²) in [5.74, 6) is -0.669. The molecule has 1 fully saturated rings. The number of thioether (sulfide) groups is 1. The quantitative estimate of drug-likeness (QED) is 0.520. The lowest BCUT2D eigenvalue weighted by molar-refractivity contribution is -0.115. The highest BCUT2D eigenvalue weighted by Gasteiger charge is 2.23. The lowest BCUT2D eigenvalue weighted by atomic mass is 10.1. The van der Waals surface area contributed by atoms with E-state index in [1.807, 2.05) is 30.3 Å². The summed E-state index contributed by atoms with van der Waals surface area (Å²) in [5, 5.41) is 21.3. The molecule has 1 aliphatic rings. The van der Waals surface area contributed by atoms with Gasteiger partial charge in [0, 0.05) is 5.56 Å². The molecule has 3 aromatic carbocycles. The van der Waals surface area contributed by atoms with Crippen LogP contribution in [0.4, 0.5) is 5.69 Å². The van der Waals surface area contributed by atoms with Gasteiger partial charge in [-0.1, -0.05) is 36.4 Å². The predicted molar refractivity (Wildman–Crippen MR) is 126 cm³/mol. The maximum atomic E-state index is 12.3. The average Bonchev–Trinajstić information content (AvgIpc) is 3.17. The molecule has 162 valence electrons. The van der Waals surface area contributed by atoms with Crippen LogP contribution in [0.25, 0.3) is 6.08 Å². The number of amidine groups is 1. The van der Waals surface area contributed by atoms with E-state index in [2.05, 4.69) is 16.4 Å². The molecule has 1 saturated heterocycles. The molecule has 1 amide bonds. The van der Waals surface area contributed by atoms with Crippen molar-refractivity contribution in [3.05, 3.63) is 100.0 Å². The normalized spacial score (nSPS) is 15.3. The Morgan fingerprint density at radius 2 is 1.91 bits per heavy atom. The van der Waals surface area contributed by atoms with Gasteiger partial charge in [-0.2, -0.15) is 5.26 Å². The fraction of sp³-hybridized carbons (Fsp3) is 0.0400. The zero-order valence-corrected chi connectivity index (χ0v) is 18.0. The second kappa shape index (κ2) is 9.85. The van der Waals surface area contributed by atoms with Gasteiger partial charge in [0.25, 0.3) is 5.91 Å². The van der Waals surface area contributed by atoms with Crippen molar-refractivity contribution < 1.29 is 19.4 Å². The Kier molecular flexibility index (Phi) is 6.53. The number of aliphatic imine (C=N–C) groups is 1. The van der Waals surface area contributed by atoms with Crippen LogP contribution >= 0.6 is 11.8 Å². The Balaban J connectivity index is 1.43. The third kappa shape index (κ3) is 5.47. The minimum atomic E-state index is -1.04. The first-order chi connectivity index (χ1) is 16.0. The molecule has 0 unspecified atom stereocenters. The highest BCUT2D eigenvalue weighted by Crippen LogP contribution is 2.29. The first-order valence-electron chi connectivity index (χ1n) is 9.85. The third-order valence-electron chi connectivity index (χ3n) is 4.68. The van der Waals surface area contributed by atoms with Crippen molar-refractivity contribution in [2.45, 2.75) is 6.61 Å². The zero-order chi connectivity index (χ0) is 23.2. The van der Waals surface area contributed by atoms with E-state index >= 15 is 0 Å². The van der Waals surface area contributed by atoms with Crippen LogP contribution in [0.2, 0.25) is 0 Å². The number of benzene rings is 3. The number of nitrogens with zero attached hydrogens (tertiary/aromatic N) is 2. The molecule has 1 aliphatic heterocycles. The summed E-state index contributed by atoms with van der Waals surface area (Å²) < 4.78 is 5.77. The van der Waals surface area contributed by atoms with E-state index in [0.29, 0.717) is 27.1 Å². The van der Waals surface area contributed by atoms with Crippen LogP contribution in [0, 0.1) is 11.3 Å². The van der Waals surface area contributed by atoms with Gasteiger partial charge >= 0.3 is 5.97 Å². The SMILES string of the molecule is N#Cc1ccccc1COc1ccc(C=C2SC(=Nc3cccc(C(=O)O)c3)NC2=O)cc1. The molecular formula is C25H17N3O4S. The molecule has 4 rings (SSSR count). The molecule has 3 aromatic rings. The monoisotopic (exact) mass is 455 g/mol. The highest BCUT2D eigenvalue weighted by atomic mass is 32.2. The summed E-state index contributed by atoms with van der Waals surface area (Å²) in [5.41, 5.74) is 2.77. The first kappa shape index (κ1) is 21.9. The van der Waals surface area contributed by atoms with Crippen LogP contribution in [-0.2, 0) is 11.4 Å². The fourth-order valence-corrected chi connectivity index (χ4v) is 3.88. The van der Waals surface area contributed by atoms with Crippen molar-refractivity contribution in [2.75, 3.05) is 0 Å². The van der Waals surface area contributed by atoms with E-state index in [0.717, 1.165) is 11.1 Å². The van der Waals surface area contributed by atoms with E-state index in [1.165, 1.54) is 23.9 Å². The zero-order valence-electron chi connectivity index (χ0n) is 17.2. The Morgan fingerprint density at radius 3 is 2.67 bits per heavy atom. The first-order valence-corrected chi connectivity index (χ1v) is 10.7. The van der Waals surface area contributed by atoms with Crippen LogP contribution < -0.4 is 10.1 Å². The molecule has 2 N–H and O–H groups in total. The summed E-state index contributed by atoms with van der Waals surface area (Å²) in [4.78, 5) is 28.2. The summed E-state index contributed by atoms with van der Waals surface area (Å²) in [7, 11) is 0. The highest BCUT2D eigenvalue weighted by molar-refractivity contribution is 8.18. The second-order valence-corrected chi connectivity index (χ2v) is 7.99. The molecule has 1 heterocycles. The summed E-state index contributed by atoms with van der Waals surface area (Å²) in [6.45, 7) is 0.283. The number of carboxylic acids is 1. The van der Waals surface area contributed by atoms with Crippen LogP contribution in [0.3, 0.4) is 0 Å². The van der Waals surface area contributed by atoms with Crippen molar-refractivity contribution in [3.8, 4) is 11.8 Å². The number of nitriles is 1. The number of nitrogens with one attached hydrogen (secondary N) is 1. The molecule has 0 bridgehead atoms. The largest absolute Gasteiger partial charge is 0.489 e. The standard InChI is InChI=1S/C25H17N3O4S/c26-14-18-4-1-2-5-19(18)15-32-21-10-8-16(9-11-21)12-22-23(29)28-25(33-22)27-20-7-3-6-17(13-20)24(30)31/h1-13H,15H2,(H,30,31)(H,27,28,29). The molecule has 7 nitrogen and oxygen atoms in total. The van der Waals surface area contributed by atoms with E-state index in [9.17, 15) is 9.59 Å². The number of amides is 1. The number of aromatic carboxylic acids is 1. The van der Waals surface area contributed by atoms with Gasteiger partial charge in [-0.05, 0) is 59.8 Å². The minimum absolute atomic E-state index is 0.125. The van der Waals surface area contributed by atoms with Gasteiger partial charge in [0.05, 0.1) is 27.8 Å². The Morgan fingerprint density at radius 1 is 1.12 bits per heavy atom. The topological polar surface area (TPSA) is 112 Å². The van der Waals surface area contributed by atoms with Crippen molar-refractivity contribution in [3.63, 3.8) is 0 Å². The molecular weight excluding hydrogens is 438 g/mol. The predicted octanol–water partition coefficient (Wildman–Crippen LogP) is 4.73. The summed E-state index contributed by atoms with van der Waals surface area (Å²) >= 11 is 1.18. The molecule has 0 spiro atoms. The smallest absolute Gasteiger partial charge is 0.335 e. The second-order valence-electron chi connectivity index (χ2n) is 6.96. The number of rotatable bonds is 6.